The standard InChI is InChI=1S/Co.O.Ti.Zr. The Bertz CT molecular complexity index is 8.00. The van der Waals surface area contributed by atoms with E-state index in [1.807, 2.05) is 0 Å². The van der Waals surface area contributed by atoms with Gasteiger partial charge >= 0.3 is 19.5 Å². The third-order valence-corrected chi connectivity index (χ3v) is 0. The smallest absolute Gasteiger partial charge is 0 e. The van der Waals surface area contributed by atoms with Crippen molar-refractivity contribution >= 4 is 0 Å². The third-order valence-electron chi connectivity index (χ3n) is 0. The summed E-state index contributed by atoms with van der Waals surface area (Å²) < 4.78 is 7.94. The maximum Gasteiger partial charge on any atom is 0 e. The molecule has 0 atom stereocenters. The van der Waals surface area contributed by atoms with E-state index in [0.29, 0.717) is 0 Å². The maximum atomic E-state index is 7.94. The van der Waals surface area contributed by atoms with Gasteiger partial charge in [0, 0.05) is 47.9 Å². The van der Waals surface area contributed by atoms with Crippen LogP contribution in [0.4, 0.5) is 0 Å². The Labute approximate surface area is 66.7 Å². The zero-order valence-electron chi connectivity index (χ0n) is 1.74. The van der Waals surface area contributed by atoms with E-state index < -0.39 is 0 Å². The fourth-order valence-corrected chi connectivity index (χ4v) is 0. The second-order valence-corrected chi connectivity index (χ2v) is 0. The number of hydrogen-bond donors (Lipinski definition) is 0. The molecule has 0 N–H and O–H groups in total. The van der Waals surface area contributed by atoms with Gasteiger partial charge in [-0.05, 0) is 0 Å². The van der Waals surface area contributed by atoms with Crippen molar-refractivity contribution in [3.63, 3.8) is 0 Å². The van der Waals surface area contributed by atoms with Crippen molar-refractivity contribution in [2.75, 3.05) is 0 Å². The Hall–Kier alpha value is 1.90. The van der Waals surface area contributed by atoms with E-state index in [9.17, 15) is 0 Å². The quantitative estimate of drug-likeness (QED) is 0.513. The first kappa shape index (κ1) is 16.8. The Morgan fingerprint density at radius 2 is 1.25 bits per heavy atom. The summed E-state index contributed by atoms with van der Waals surface area (Å²) in [4.78, 5) is 0. The van der Waals surface area contributed by atoms with Gasteiger partial charge in [-0.25, -0.2) is 0 Å². The van der Waals surface area contributed by atoms with E-state index >= 15 is 0 Å². The summed E-state index contributed by atoms with van der Waals surface area (Å²) in [6.45, 7) is 0. The Morgan fingerprint density at radius 1 is 1.25 bits per heavy atom. The van der Waals surface area contributed by atoms with Crippen molar-refractivity contribution in [1.29, 1.82) is 0 Å². The largest absolute Gasteiger partial charge is 0 e. The van der Waals surface area contributed by atoms with Crippen LogP contribution in [0.25, 0.3) is 0 Å². The van der Waals surface area contributed by atoms with E-state index in [-0.39, 0.29) is 47.9 Å². The molecule has 4 heavy (non-hydrogen) atoms. The van der Waals surface area contributed by atoms with E-state index in [1.165, 1.54) is 0 Å². The van der Waals surface area contributed by atoms with Gasteiger partial charge in [0.05, 0.1) is 0 Å². The van der Waals surface area contributed by atoms with Gasteiger partial charge in [0.2, 0.25) is 0 Å². The van der Waals surface area contributed by atoms with Crippen molar-refractivity contribution in [1.82, 2.24) is 0 Å². The van der Waals surface area contributed by atoms with E-state index in [1.54, 1.807) is 0 Å². The van der Waals surface area contributed by atoms with Crippen LogP contribution in [0.1, 0.15) is 0 Å². The third kappa shape index (κ3) is 9.08. The summed E-state index contributed by atoms with van der Waals surface area (Å²) in [5, 5.41) is 0. The monoisotopic (exact) mass is 213 g/mol. The average Bonchev–Trinajstić information content (AvgIpc) is 1.00. The van der Waals surface area contributed by atoms with Gasteiger partial charge in [-0.2, -0.15) is 0 Å². The molecule has 23 valence electrons. The topological polar surface area (TPSA) is 17.1 Å². The molecule has 0 aliphatic heterocycles. The molecule has 0 aliphatic rings. The van der Waals surface area contributed by atoms with Crippen molar-refractivity contribution < 1.29 is 67.5 Å². The number of rotatable bonds is 0. The molecule has 0 aliphatic carbocycles. The molecule has 1 nitrogen and oxygen atoms in total. The number of hydrogen-bond acceptors (Lipinski definition) is 1. The minimum absolute atomic E-state index is 0. The summed E-state index contributed by atoms with van der Waals surface area (Å²) in [7, 11) is 0. The molecule has 4 heteroatoms. The molecule has 0 aromatic carbocycles. The van der Waals surface area contributed by atoms with Gasteiger partial charge in [0.15, 0.2) is 0 Å². The molecule has 0 aromatic rings. The molecule has 0 aromatic heterocycles. The zero-order chi connectivity index (χ0) is 2.00. The summed E-state index contributed by atoms with van der Waals surface area (Å²) in [6, 6.07) is 0. The van der Waals surface area contributed by atoms with Crippen LogP contribution in [0, 0.1) is 0 Å². The molecular weight excluding hydrogens is 214 g/mol. The predicted octanol–water partition coefficient (Wildman–Crippen LogP) is -0.126. The van der Waals surface area contributed by atoms with Crippen LogP contribution in [-0.4, -0.2) is 0 Å². The van der Waals surface area contributed by atoms with Gasteiger partial charge in [0.1, 0.15) is 0 Å². The molecule has 0 saturated heterocycles. The van der Waals surface area contributed by atoms with E-state index in [2.05, 4.69) is 15.7 Å². The first-order valence-corrected chi connectivity index (χ1v) is 0.561. The summed E-state index contributed by atoms with van der Waals surface area (Å²) in [6.07, 6.45) is 0. The SMILES string of the molecule is [O]=[Co].[Ti].[Zr]. The molecule has 0 bridgehead atoms. The molecule has 0 radical (unpaired) electrons. The van der Waals surface area contributed by atoms with Gasteiger partial charge in [-0.15, -0.1) is 0 Å². The molecule has 0 rings (SSSR count). The molecule has 0 spiro atoms. The molecule has 0 heterocycles. The second-order valence-electron chi connectivity index (χ2n) is 0. The minimum Gasteiger partial charge on any atom is 0 e. The Balaban J connectivity index is -0.00000000500. The van der Waals surface area contributed by atoms with Gasteiger partial charge < -0.3 is 0 Å². The molecule has 0 saturated carbocycles. The molecule has 0 amide bonds. The van der Waals surface area contributed by atoms with Crippen LogP contribution < -0.4 is 0 Å². The second kappa shape index (κ2) is 20.6. The molecular formula is CoOTiZr. The van der Waals surface area contributed by atoms with Crippen molar-refractivity contribution in [2.24, 2.45) is 0 Å². The fraction of sp³-hybridized carbons (Fsp3) is 0. The first-order valence-electron chi connectivity index (χ1n) is 0.136. The van der Waals surface area contributed by atoms with Crippen LogP contribution in [0.3, 0.4) is 0 Å². The van der Waals surface area contributed by atoms with Gasteiger partial charge in [-0.1, -0.05) is 0 Å². The average molecular weight is 214 g/mol. The van der Waals surface area contributed by atoms with Crippen molar-refractivity contribution in [3.8, 4) is 0 Å². The van der Waals surface area contributed by atoms with E-state index in [0.717, 1.165) is 0 Å². The van der Waals surface area contributed by atoms with Gasteiger partial charge in [-0.3, -0.25) is 0 Å². The fourth-order valence-electron chi connectivity index (χ4n) is 0. The summed E-state index contributed by atoms with van der Waals surface area (Å²) >= 11 is 2.31. The maximum absolute atomic E-state index is 7.94. The van der Waals surface area contributed by atoms with Crippen LogP contribution in [0.15, 0.2) is 0 Å². The first-order chi connectivity index (χ1) is 1.00. The van der Waals surface area contributed by atoms with E-state index in [4.69, 9.17) is 3.87 Å². The normalized spacial score (nSPS) is 1.25. The predicted molar refractivity (Wildman–Crippen MR) is 0.686 cm³/mol. The summed E-state index contributed by atoms with van der Waals surface area (Å²) in [5.74, 6) is 0. The molecule has 0 unspecified atom stereocenters. The van der Waals surface area contributed by atoms with Crippen LogP contribution in [0.5, 0.6) is 0 Å². The van der Waals surface area contributed by atoms with Crippen LogP contribution in [-0.2, 0) is 67.5 Å². The van der Waals surface area contributed by atoms with Crippen LogP contribution >= 0.6 is 0 Å². The summed E-state index contributed by atoms with van der Waals surface area (Å²) in [5.41, 5.74) is 0. The Morgan fingerprint density at radius 3 is 1.25 bits per heavy atom. The zero-order valence-corrected chi connectivity index (χ0v) is 6.80. The van der Waals surface area contributed by atoms with Crippen molar-refractivity contribution in [3.05, 3.63) is 0 Å². The van der Waals surface area contributed by atoms with Gasteiger partial charge in [0.25, 0.3) is 0 Å². The Kier molecular flexibility index (Phi) is 86.8. The molecule has 0 fully saturated rings. The van der Waals surface area contributed by atoms with Crippen molar-refractivity contribution in [2.45, 2.75) is 0 Å². The van der Waals surface area contributed by atoms with Crippen LogP contribution in [0.2, 0.25) is 0 Å². The minimum atomic E-state index is 0.